The van der Waals surface area contributed by atoms with Crippen molar-refractivity contribution < 1.29 is 17.9 Å². The van der Waals surface area contributed by atoms with Gasteiger partial charge < -0.3 is 9.64 Å². The van der Waals surface area contributed by atoms with Crippen LogP contribution >= 0.6 is 0 Å². The molecule has 1 aliphatic heterocycles. The standard InChI is InChI=1S/C14H16N2O4S/c1-3-9-21(18,19)15-11-6-7-12(13(10-11)20-2)16-8-4-5-14(16)17/h1,6-7,10,15H,4-5,8-9H2,2H3. The molecule has 1 aromatic rings. The molecule has 7 heteroatoms. The second-order valence-corrected chi connectivity index (χ2v) is 6.32. The Morgan fingerprint density at radius 2 is 2.24 bits per heavy atom. The summed E-state index contributed by atoms with van der Waals surface area (Å²) in [5.41, 5.74) is 0.984. The number of carbonyl (C=O) groups excluding carboxylic acids is 1. The van der Waals surface area contributed by atoms with Gasteiger partial charge in [0.15, 0.2) is 0 Å². The zero-order valence-corrected chi connectivity index (χ0v) is 12.4. The summed E-state index contributed by atoms with van der Waals surface area (Å²) in [5.74, 6) is 2.16. The Balaban J connectivity index is 2.29. The van der Waals surface area contributed by atoms with Crippen molar-refractivity contribution in [3.63, 3.8) is 0 Å². The average molecular weight is 308 g/mol. The van der Waals surface area contributed by atoms with Crippen LogP contribution in [0.3, 0.4) is 0 Å². The van der Waals surface area contributed by atoms with Crippen LogP contribution in [-0.2, 0) is 14.8 Å². The number of rotatable bonds is 5. The number of hydrogen-bond acceptors (Lipinski definition) is 4. The molecule has 0 saturated carbocycles. The van der Waals surface area contributed by atoms with Crippen molar-refractivity contribution in [3.05, 3.63) is 18.2 Å². The first-order valence-electron chi connectivity index (χ1n) is 6.39. The lowest BCUT2D eigenvalue weighted by atomic mass is 10.2. The van der Waals surface area contributed by atoms with Gasteiger partial charge in [-0.3, -0.25) is 9.52 Å². The number of hydrogen-bond donors (Lipinski definition) is 1. The van der Waals surface area contributed by atoms with E-state index in [4.69, 9.17) is 11.2 Å². The van der Waals surface area contributed by atoms with Crippen molar-refractivity contribution in [1.29, 1.82) is 0 Å². The highest BCUT2D eigenvalue weighted by Crippen LogP contribution is 2.34. The van der Waals surface area contributed by atoms with E-state index in [1.165, 1.54) is 13.2 Å². The topological polar surface area (TPSA) is 75.7 Å². The number of amides is 1. The van der Waals surface area contributed by atoms with E-state index in [0.29, 0.717) is 30.1 Å². The third-order valence-electron chi connectivity index (χ3n) is 3.09. The third-order valence-corrected chi connectivity index (χ3v) is 4.18. The maximum atomic E-state index is 11.8. The van der Waals surface area contributed by atoms with Crippen molar-refractivity contribution in [2.45, 2.75) is 12.8 Å². The monoisotopic (exact) mass is 308 g/mol. The highest BCUT2D eigenvalue weighted by Gasteiger charge is 2.24. The number of nitrogens with zero attached hydrogens (tertiary/aromatic N) is 1. The van der Waals surface area contributed by atoms with Crippen LogP contribution in [0.5, 0.6) is 5.75 Å². The minimum atomic E-state index is -3.57. The molecule has 0 unspecified atom stereocenters. The molecule has 0 atom stereocenters. The Bertz CT molecular complexity index is 691. The summed E-state index contributed by atoms with van der Waals surface area (Å²) < 4.78 is 30.9. The van der Waals surface area contributed by atoms with Crippen LogP contribution in [0, 0.1) is 12.3 Å². The summed E-state index contributed by atoms with van der Waals surface area (Å²) in [6, 6.07) is 4.78. The van der Waals surface area contributed by atoms with Gasteiger partial charge in [0.2, 0.25) is 15.9 Å². The fourth-order valence-corrected chi connectivity index (χ4v) is 2.97. The van der Waals surface area contributed by atoms with Crippen molar-refractivity contribution in [2.24, 2.45) is 0 Å². The summed E-state index contributed by atoms with van der Waals surface area (Å²) in [4.78, 5) is 13.4. The smallest absolute Gasteiger partial charge is 0.244 e. The molecule has 1 saturated heterocycles. The van der Waals surface area contributed by atoms with Crippen LogP contribution < -0.4 is 14.4 Å². The van der Waals surface area contributed by atoms with Crippen LogP contribution in [-0.4, -0.2) is 33.7 Å². The Morgan fingerprint density at radius 3 is 2.81 bits per heavy atom. The zero-order chi connectivity index (χ0) is 15.5. The van der Waals surface area contributed by atoms with Crippen LogP contribution in [0.4, 0.5) is 11.4 Å². The van der Waals surface area contributed by atoms with Crippen LogP contribution in [0.1, 0.15) is 12.8 Å². The average Bonchev–Trinajstić information content (AvgIpc) is 2.84. The maximum Gasteiger partial charge on any atom is 0.244 e. The number of anilines is 2. The van der Waals surface area contributed by atoms with Gasteiger partial charge >= 0.3 is 0 Å². The van der Waals surface area contributed by atoms with Gasteiger partial charge in [0.05, 0.1) is 18.5 Å². The van der Waals surface area contributed by atoms with Gasteiger partial charge in [-0.05, 0) is 18.6 Å². The molecular weight excluding hydrogens is 292 g/mol. The van der Waals surface area contributed by atoms with Gasteiger partial charge in [0, 0.05) is 19.0 Å². The quantitative estimate of drug-likeness (QED) is 0.829. The fourth-order valence-electron chi connectivity index (χ4n) is 2.19. The van der Waals surface area contributed by atoms with E-state index in [1.54, 1.807) is 17.0 Å². The van der Waals surface area contributed by atoms with Gasteiger partial charge in [-0.2, -0.15) is 0 Å². The minimum Gasteiger partial charge on any atom is -0.494 e. The van der Waals surface area contributed by atoms with E-state index in [0.717, 1.165) is 6.42 Å². The highest BCUT2D eigenvalue weighted by molar-refractivity contribution is 7.92. The largest absolute Gasteiger partial charge is 0.494 e. The predicted molar refractivity (Wildman–Crippen MR) is 80.8 cm³/mol. The molecule has 112 valence electrons. The molecule has 1 aliphatic rings. The Hall–Kier alpha value is -2.20. The maximum absolute atomic E-state index is 11.8. The van der Waals surface area contributed by atoms with E-state index in [9.17, 15) is 13.2 Å². The lowest BCUT2D eigenvalue weighted by Gasteiger charge is -2.19. The van der Waals surface area contributed by atoms with E-state index in [-0.39, 0.29) is 5.91 Å². The second kappa shape index (κ2) is 6.06. The van der Waals surface area contributed by atoms with Crippen LogP contribution in [0.25, 0.3) is 0 Å². The summed E-state index contributed by atoms with van der Waals surface area (Å²) in [6.07, 6.45) is 6.33. The second-order valence-electron chi connectivity index (χ2n) is 4.60. The van der Waals surface area contributed by atoms with Crippen molar-refractivity contribution in [2.75, 3.05) is 29.0 Å². The first-order chi connectivity index (χ1) is 9.96. The Morgan fingerprint density at radius 1 is 1.48 bits per heavy atom. The molecule has 1 heterocycles. The first kappa shape index (κ1) is 15.2. The lowest BCUT2D eigenvalue weighted by Crippen LogP contribution is -2.24. The lowest BCUT2D eigenvalue weighted by molar-refractivity contribution is -0.117. The molecule has 0 bridgehead atoms. The number of sulfonamides is 1. The minimum absolute atomic E-state index is 0.0361. The molecule has 0 spiro atoms. The van der Waals surface area contributed by atoms with Gasteiger partial charge in [-0.15, -0.1) is 6.42 Å². The summed E-state index contributed by atoms with van der Waals surface area (Å²) in [5, 5.41) is 0. The molecular formula is C14H16N2O4S. The molecule has 21 heavy (non-hydrogen) atoms. The molecule has 0 aliphatic carbocycles. The van der Waals surface area contributed by atoms with E-state index in [1.807, 2.05) is 0 Å². The number of nitrogens with one attached hydrogen (secondary N) is 1. The number of terminal acetylenes is 1. The Kier molecular flexibility index (Phi) is 4.38. The Labute approximate surface area is 124 Å². The molecule has 0 radical (unpaired) electrons. The van der Waals surface area contributed by atoms with Gasteiger partial charge in [0.1, 0.15) is 11.5 Å². The van der Waals surface area contributed by atoms with Crippen LogP contribution in [0.15, 0.2) is 18.2 Å². The summed E-state index contributed by atoms with van der Waals surface area (Å²) >= 11 is 0. The van der Waals surface area contributed by atoms with Crippen molar-refractivity contribution in [1.82, 2.24) is 0 Å². The molecule has 1 N–H and O–H groups in total. The predicted octanol–water partition coefficient (Wildman–Crippen LogP) is 1.20. The first-order valence-corrected chi connectivity index (χ1v) is 8.04. The third kappa shape index (κ3) is 3.47. The number of carbonyl (C=O) groups is 1. The van der Waals surface area contributed by atoms with Gasteiger partial charge in [-0.25, -0.2) is 8.42 Å². The number of methoxy groups -OCH3 is 1. The number of ether oxygens (including phenoxy) is 1. The highest BCUT2D eigenvalue weighted by atomic mass is 32.2. The van der Waals surface area contributed by atoms with Gasteiger partial charge in [-0.1, -0.05) is 5.92 Å². The fraction of sp³-hybridized carbons (Fsp3) is 0.357. The SMILES string of the molecule is C#CCS(=O)(=O)Nc1ccc(N2CCCC2=O)c(OC)c1. The van der Waals surface area contributed by atoms with Crippen LogP contribution in [0.2, 0.25) is 0 Å². The molecule has 1 fully saturated rings. The molecule has 0 aromatic heterocycles. The van der Waals surface area contributed by atoms with E-state index >= 15 is 0 Å². The summed E-state index contributed by atoms with van der Waals surface area (Å²) in [7, 11) is -2.10. The normalized spacial score (nSPS) is 14.9. The van der Waals surface area contributed by atoms with Gasteiger partial charge in [0.25, 0.3) is 0 Å². The molecule has 6 nitrogen and oxygen atoms in total. The molecule has 1 amide bonds. The van der Waals surface area contributed by atoms with Crippen molar-refractivity contribution >= 4 is 27.3 Å². The van der Waals surface area contributed by atoms with E-state index < -0.39 is 15.8 Å². The van der Waals surface area contributed by atoms with Crippen molar-refractivity contribution in [3.8, 4) is 18.1 Å². The summed E-state index contributed by atoms with van der Waals surface area (Å²) in [6.45, 7) is 0.636. The molecule has 2 rings (SSSR count). The van der Waals surface area contributed by atoms with E-state index in [2.05, 4.69) is 10.6 Å². The number of benzene rings is 1. The zero-order valence-electron chi connectivity index (χ0n) is 11.6. The molecule has 1 aromatic carbocycles.